The minimum Gasteiger partial charge on any atom is -0.481 e. The lowest BCUT2D eigenvalue weighted by atomic mass is 9.99. The van der Waals surface area contributed by atoms with E-state index >= 15 is 0 Å². The van der Waals surface area contributed by atoms with Crippen LogP contribution in [0.2, 0.25) is 0 Å². The lowest BCUT2D eigenvalue weighted by Crippen LogP contribution is -2.35. The molecule has 1 N–H and O–H groups in total. The van der Waals surface area contributed by atoms with Gasteiger partial charge in [-0.05, 0) is 24.7 Å². The summed E-state index contributed by atoms with van der Waals surface area (Å²) in [5.74, 6) is -0.396. The molecular weight excluding hydrogens is 234 g/mol. The molecule has 0 saturated carbocycles. The molecule has 0 aromatic rings. The molecule has 1 atom stereocenters. The third kappa shape index (κ3) is 5.49. The Kier molecular flexibility index (Phi) is 6.12. The average Bonchev–Trinajstić information content (AvgIpc) is 2.28. The van der Waals surface area contributed by atoms with Crippen LogP contribution < -0.4 is 0 Å². The van der Waals surface area contributed by atoms with Crippen molar-refractivity contribution in [3.8, 4) is 0 Å². The lowest BCUT2D eigenvalue weighted by Gasteiger charge is -2.27. The van der Waals surface area contributed by atoms with Crippen LogP contribution in [-0.2, 0) is 14.3 Å². The van der Waals surface area contributed by atoms with Gasteiger partial charge in [-0.1, -0.05) is 6.92 Å². The summed E-state index contributed by atoms with van der Waals surface area (Å²) in [6, 6.07) is 0. The molecule has 104 valence electrons. The maximum absolute atomic E-state index is 11.9. The molecule has 1 amide bonds. The van der Waals surface area contributed by atoms with Crippen LogP contribution in [0.1, 0.15) is 32.6 Å². The Morgan fingerprint density at radius 1 is 1.33 bits per heavy atom. The van der Waals surface area contributed by atoms with Crippen LogP contribution in [0.15, 0.2) is 0 Å². The van der Waals surface area contributed by atoms with Gasteiger partial charge >= 0.3 is 5.97 Å². The number of carbonyl (C=O) groups is 2. The van der Waals surface area contributed by atoms with Crippen molar-refractivity contribution in [3.05, 3.63) is 0 Å². The summed E-state index contributed by atoms with van der Waals surface area (Å²) in [5, 5.41) is 8.66. The first-order valence-electron chi connectivity index (χ1n) is 6.52. The number of ether oxygens (including phenoxy) is 1. The highest BCUT2D eigenvalue weighted by Crippen LogP contribution is 2.17. The zero-order chi connectivity index (χ0) is 13.5. The van der Waals surface area contributed by atoms with Crippen LogP contribution in [0.4, 0.5) is 0 Å². The van der Waals surface area contributed by atoms with E-state index in [2.05, 4.69) is 0 Å². The van der Waals surface area contributed by atoms with Gasteiger partial charge in [0, 0.05) is 39.6 Å². The Hall–Kier alpha value is -1.10. The van der Waals surface area contributed by atoms with E-state index in [-0.39, 0.29) is 18.2 Å². The Morgan fingerprint density at radius 3 is 2.50 bits per heavy atom. The summed E-state index contributed by atoms with van der Waals surface area (Å²) < 4.78 is 5.28. The summed E-state index contributed by atoms with van der Waals surface area (Å²) >= 11 is 0. The Bertz CT molecular complexity index is 287. The minimum atomic E-state index is -0.845. The Labute approximate surface area is 108 Å². The van der Waals surface area contributed by atoms with E-state index in [1.165, 1.54) is 0 Å². The summed E-state index contributed by atoms with van der Waals surface area (Å²) in [5.41, 5.74) is 0. The molecule has 0 aromatic heterocycles. The lowest BCUT2D eigenvalue weighted by molar-refractivity contribution is -0.138. The second-order valence-corrected chi connectivity index (χ2v) is 5.24. The van der Waals surface area contributed by atoms with Gasteiger partial charge in [0.1, 0.15) is 0 Å². The van der Waals surface area contributed by atoms with Gasteiger partial charge in [0.25, 0.3) is 0 Å². The fourth-order valence-electron chi connectivity index (χ4n) is 2.24. The molecule has 0 radical (unpaired) electrons. The van der Waals surface area contributed by atoms with Gasteiger partial charge in [-0.3, -0.25) is 9.59 Å². The largest absolute Gasteiger partial charge is 0.481 e. The smallest absolute Gasteiger partial charge is 0.303 e. The molecule has 1 rings (SSSR count). The number of hydrogen-bond donors (Lipinski definition) is 1. The second kappa shape index (κ2) is 7.36. The molecule has 1 unspecified atom stereocenters. The van der Waals surface area contributed by atoms with E-state index in [9.17, 15) is 9.59 Å². The van der Waals surface area contributed by atoms with Crippen molar-refractivity contribution in [3.63, 3.8) is 0 Å². The molecule has 1 saturated heterocycles. The fraction of sp³-hybridized carbons (Fsp3) is 0.846. The molecule has 1 fully saturated rings. The number of rotatable bonds is 6. The molecule has 1 aliphatic heterocycles. The summed E-state index contributed by atoms with van der Waals surface area (Å²) in [7, 11) is 1.80. The predicted octanol–water partition coefficient (Wildman–Crippen LogP) is 1.37. The molecule has 18 heavy (non-hydrogen) atoms. The molecule has 5 nitrogen and oxygen atoms in total. The molecule has 1 heterocycles. The minimum absolute atomic E-state index is 0.0373. The van der Waals surface area contributed by atoms with Gasteiger partial charge in [0.05, 0.1) is 0 Å². The normalized spacial score (nSPS) is 18.3. The van der Waals surface area contributed by atoms with Gasteiger partial charge in [0.2, 0.25) is 5.91 Å². The summed E-state index contributed by atoms with van der Waals surface area (Å²) in [6.07, 6.45) is 2.37. The summed E-state index contributed by atoms with van der Waals surface area (Å²) in [4.78, 5) is 24.2. The quantitative estimate of drug-likeness (QED) is 0.780. The molecule has 0 aliphatic carbocycles. The van der Waals surface area contributed by atoms with Gasteiger partial charge in [-0.25, -0.2) is 0 Å². The number of carboxylic acid groups (broad SMARTS) is 1. The number of carbonyl (C=O) groups excluding carboxylic acids is 1. The van der Waals surface area contributed by atoms with Crippen molar-refractivity contribution in [1.82, 2.24) is 4.90 Å². The van der Waals surface area contributed by atoms with E-state index in [0.717, 1.165) is 32.6 Å². The molecular formula is C13H23NO4. The van der Waals surface area contributed by atoms with Gasteiger partial charge in [-0.2, -0.15) is 0 Å². The van der Waals surface area contributed by atoms with Crippen molar-refractivity contribution in [1.29, 1.82) is 0 Å². The zero-order valence-electron chi connectivity index (χ0n) is 11.2. The second-order valence-electron chi connectivity index (χ2n) is 5.24. The molecule has 0 bridgehead atoms. The van der Waals surface area contributed by atoms with Crippen LogP contribution in [0.5, 0.6) is 0 Å². The van der Waals surface area contributed by atoms with E-state index in [4.69, 9.17) is 9.84 Å². The number of amides is 1. The molecule has 1 aliphatic rings. The Morgan fingerprint density at radius 2 is 1.94 bits per heavy atom. The van der Waals surface area contributed by atoms with Crippen LogP contribution in [-0.4, -0.2) is 48.7 Å². The SMILES string of the molecule is CC(CC(=O)O)CC(=O)N(C)CC1CCOCC1. The standard InChI is InChI=1S/C13H23NO4/c1-10(8-13(16)17)7-12(15)14(2)9-11-3-5-18-6-4-11/h10-11H,3-9H2,1-2H3,(H,16,17). The zero-order valence-corrected chi connectivity index (χ0v) is 11.2. The average molecular weight is 257 g/mol. The van der Waals surface area contributed by atoms with Gasteiger partial charge < -0.3 is 14.7 Å². The van der Waals surface area contributed by atoms with Crippen molar-refractivity contribution in [2.24, 2.45) is 11.8 Å². The first kappa shape index (κ1) is 15.0. The molecule has 0 aromatic carbocycles. The van der Waals surface area contributed by atoms with Crippen molar-refractivity contribution < 1.29 is 19.4 Å². The maximum Gasteiger partial charge on any atom is 0.303 e. The highest BCUT2D eigenvalue weighted by Gasteiger charge is 2.20. The van der Waals surface area contributed by atoms with E-state index in [1.807, 2.05) is 0 Å². The van der Waals surface area contributed by atoms with Crippen LogP contribution >= 0.6 is 0 Å². The highest BCUT2D eigenvalue weighted by atomic mass is 16.5. The number of carboxylic acids is 1. The maximum atomic E-state index is 11.9. The van der Waals surface area contributed by atoms with Crippen LogP contribution in [0.3, 0.4) is 0 Å². The molecule has 5 heteroatoms. The first-order valence-corrected chi connectivity index (χ1v) is 6.52. The summed E-state index contributed by atoms with van der Waals surface area (Å²) in [6.45, 7) is 4.11. The third-order valence-electron chi connectivity index (χ3n) is 3.34. The number of aliphatic carboxylic acids is 1. The Balaban J connectivity index is 2.29. The van der Waals surface area contributed by atoms with E-state index in [0.29, 0.717) is 12.3 Å². The van der Waals surface area contributed by atoms with Crippen molar-refractivity contribution in [2.75, 3.05) is 26.8 Å². The third-order valence-corrected chi connectivity index (χ3v) is 3.34. The number of hydrogen-bond acceptors (Lipinski definition) is 3. The van der Waals surface area contributed by atoms with Crippen molar-refractivity contribution in [2.45, 2.75) is 32.6 Å². The predicted molar refractivity (Wildman–Crippen MR) is 67.2 cm³/mol. The van der Waals surface area contributed by atoms with E-state index < -0.39 is 5.97 Å². The fourth-order valence-corrected chi connectivity index (χ4v) is 2.24. The van der Waals surface area contributed by atoms with Crippen molar-refractivity contribution >= 4 is 11.9 Å². The van der Waals surface area contributed by atoms with E-state index in [1.54, 1.807) is 18.9 Å². The first-order chi connectivity index (χ1) is 8.49. The van der Waals surface area contributed by atoms with Crippen LogP contribution in [0, 0.1) is 11.8 Å². The monoisotopic (exact) mass is 257 g/mol. The van der Waals surface area contributed by atoms with Gasteiger partial charge in [0.15, 0.2) is 0 Å². The van der Waals surface area contributed by atoms with Crippen LogP contribution in [0.25, 0.3) is 0 Å². The number of nitrogens with zero attached hydrogens (tertiary/aromatic N) is 1. The van der Waals surface area contributed by atoms with Gasteiger partial charge in [-0.15, -0.1) is 0 Å². The topological polar surface area (TPSA) is 66.8 Å². The molecule has 0 spiro atoms. The highest BCUT2D eigenvalue weighted by molar-refractivity contribution is 5.77.